The first kappa shape index (κ1) is 16.3. The van der Waals surface area contributed by atoms with Gasteiger partial charge in [-0.15, -0.1) is 0 Å². The highest BCUT2D eigenvalue weighted by atomic mass is 16.5. The minimum atomic E-state index is -0.207. The lowest BCUT2D eigenvalue weighted by Gasteiger charge is -2.15. The Balaban J connectivity index is 1.57. The van der Waals surface area contributed by atoms with Crippen molar-refractivity contribution in [2.45, 2.75) is 19.4 Å². The number of carbonyl (C=O) groups is 1. The van der Waals surface area contributed by atoms with E-state index in [1.807, 2.05) is 67.6 Å². The predicted octanol–water partition coefficient (Wildman–Crippen LogP) is 4.36. The maximum absolute atomic E-state index is 13.1. The van der Waals surface area contributed by atoms with Crippen LogP contribution in [-0.4, -0.2) is 17.3 Å². The first-order valence-electron chi connectivity index (χ1n) is 8.73. The van der Waals surface area contributed by atoms with Gasteiger partial charge in [-0.3, -0.25) is 4.79 Å². The quantitative estimate of drug-likeness (QED) is 0.699. The van der Waals surface area contributed by atoms with Gasteiger partial charge in [-0.25, -0.2) is 4.98 Å². The summed E-state index contributed by atoms with van der Waals surface area (Å²) in [5.41, 5.74) is 3.65. The van der Waals surface area contributed by atoms with Gasteiger partial charge in [0, 0.05) is 29.4 Å². The molecule has 0 fully saturated rings. The smallest absolute Gasteiger partial charge is 0.172 e. The van der Waals surface area contributed by atoms with E-state index in [1.165, 1.54) is 0 Å². The van der Waals surface area contributed by atoms with Crippen molar-refractivity contribution in [2.75, 3.05) is 11.9 Å². The highest BCUT2D eigenvalue weighted by Gasteiger charge is 2.31. The van der Waals surface area contributed by atoms with Gasteiger partial charge < -0.3 is 10.1 Å². The third-order valence-corrected chi connectivity index (χ3v) is 4.79. The number of Topliss-reactive ketones (excluding diaryl/α,β-unsaturated/α-hetero) is 1. The standard InChI is InChI=1S/C22H20N2O2/c1-15-17(21(25)19-13-24-22-18(19)10-6-12-23-22)9-5-11-20(15)26-14-16-7-3-2-4-8-16/h2-12,19H,13-14H2,1H3,(H,23,24). The van der Waals surface area contributed by atoms with E-state index in [9.17, 15) is 4.79 Å². The van der Waals surface area contributed by atoms with Crippen LogP contribution in [0.5, 0.6) is 5.75 Å². The Morgan fingerprint density at radius 2 is 1.96 bits per heavy atom. The van der Waals surface area contributed by atoms with E-state index in [2.05, 4.69) is 10.3 Å². The molecule has 130 valence electrons. The van der Waals surface area contributed by atoms with E-state index in [4.69, 9.17) is 4.74 Å². The molecule has 0 amide bonds. The van der Waals surface area contributed by atoms with Crippen molar-refractivity contribution in [2.24, 2.45) is 0 Å². The van der Waals surface area contributed by atoms with E-state index >= 15 is 0 Å². The Kier molecular flexibility index (Phi) is 4.40. The van der Waals surface area contributed by atoms with E-state index in [0.29, 0.717) is 18.7 Å². The van der Waals surface area contributed by atoms with Crippen LogP contribution < -0.4 is 10.1 Å². The molecule has 0 bridgehead atoms. The van der Waals surface area contributed by atoms with Crippen molar-refractivity contribution >= 4 is 11.6 Å². The number of anilines is 1. The molecule has 0 spiro atoms. The molecule has 1 N–H and O–H groups in total. The van der Waals surface area contributed by atoms with Crippen molar-refractivity contribution in [1.82, 2.24) is 4.98 Å². The van der Waals surface area contributed by atoms with Crippen molar-refractivity contribution in [3.63, 3.8) is 0 Å². The van der Waals surface area contributed by atoms with Crippen LogP contribution in [0.25, 0.3) is 0 Å². The van der Waals surface area contributed by atoms with E-state index < -0.39 is 0 Å². The lowest BCUT2D eigenvalue weighted by atomic mass is 9.91. The molecule has 4 heteroatoms. The van der Waals surface area contributed by atoms with Crippen LogP contribution in [0.4, 0.5) is 5.82 Å². The molecule has 1 aromatic heterocycles. The molecule has 4 rings (SSSR count). The molecule has 1 aliphatic heterocycles. The molecule has 26 heavy (non-hydrogen) atoms. The van der Waals surface area contributed by atoms with Crippen LogP contribution in [0.15, 0.2) is 66.9 Å². The number of benzene rings is 2. The van der Waals surface area contributed by atoms with Gasteiger partial charge in [-0.05, 0) is 24.6 Å². The van der Waals surface area contributed by atoms with Crippen molar-refractivity contribution in [1.29, 1.82) is 0 Å². The van der Waals surface area contributed by atoms with Crippen LogP contribution in [0.1, 0.15) is 33.0 Å². The average molecular weight is 344 g/mol. The minimum Gasteiger partial charge on any atom is -0.489 e. The third kappa shape index (κ3) is 3.06. The van der Waals surface area contributed by atoms with Gasteiger partial charge in [0.2, 0.25) is 0 Å². The van der Waals surface area contributed by atoms with E-state index in [-0.39, 0.29) is 11.7 Å². The fraction of sp³-hybridized carbons (Fsp3) is 0.182. The second-order valence-electron chi connectivity index (χ2n) is 6.44. The van der Waals surface area contributed by atoms with Gasteiger partial charge in [0.1, 0.15) is 18.2 Å². The lowest BCUT2D eigenvalue weighted by Crippen LogP contribution is -2.16. The number of rotatable bonds is 5. The number of carbonyl (C=O) groups excluding carboxylic acids is 1. The molecule has 2 aromatic carbocycles. The van der Waals surface area contributed by atoms with Crippen LogP contribution in [0, 0.1) is 6.92 Å². The largest absolute Gasteiger partial charge is 0.489 e. The zero-order valence-electron chi connectivity index (χ0n) is 14.6. The van der Waals surface area contributed by atoms with Crippen molar-refractivity contribution in [3.05, 3.63) is 89.1 Å². The molecule has 1 unspecified atom stereocenters. The number of hydrogen-bond donors (Lipinski definition) is 1. The SMILES string of the molecule is Cc1c(OCc2ccccc2)cccc1C(=O)C1CNc2ncccc21. The lowest BCUT2D eigenvalue weighted by molar-refractivity contribution is 0.0965. The molecule has 0 aliphatic carbocycles. The Labute approximate surface area is 152 Å². The molecule has 1 atom stereocenters. The monoisotopic (exact) mass is 344 g/mol. The zero-order valence-corrected chi connectivity index (χ0v) is 14.6. The summed E-state index contributed by atoms with van der Waals surface area (Å²) in [4.78, 5) is 17.4. The summed E-state index contributed by atoms with van der Waals surface area (Å²) in [6.45, 7) is 3.01. The Morgan fingerprint density at radius 1 is 1.12 bits per heavy atom. The molecule has 0 radical (unpaired) electrons. The molecular weight excluding hydrogens is 324 g/mol. The number of nitrogens with zero attached hydrogens (tertiary/aromatic N) is 1. The van der Waals surface area contributed by atoms with Gasteiger partial charge in [0.15, 0.2) is 5.78 Å². The zero-order chi connectivity index (χ0) is 17.9. The summed E-state index contributed by atoms with van der Waals surface area (Å²) in [5.74, 6) is 1.45. The molecule has 4 nitrogen and oxygen atoms in total. The highest BCUT2D eigenvalue weighted by molar-refractivity contribution is 6.04. The van der Waals surface area contributed by atoms with Gasteiger partial charge in [0.25, 0.3) is 0 Å². The fourth-order valence-electron chi connectivity index (χ4n) is 3.35. The number of pyridine rings is 1. The molecule has 0 saturated heterocycles. The Bertz CT molecular complexity index is 938. The Morgan fingerprint density at radius 3 is 2.81 bits per heavy atom. The fourth-order valence-corrected chi connectivity index (χ4v) is 3.35. The number of nitrogens with one attached hydrogen (secondary N) is 1. The van der Waals surface area contributed by atoms with Gasteiger partial charge in [-0.2, -0.15) is 0 Å². The maximum Gasteiger partial charge on any atom is 0.172 e. The summed E-state index contributed by atoms with van der Waals surface area (Å²) in [6, 6.07) is 19.5. The number of aromatic nitrogens is 1. The second-order valence-corrected chi connectivity index (χ2v) is 6.44. The second kappa shape index (κ2) is 7.00. The van der Waals surface area contributed by atoms with Crippen molar-refractivity contribution in [3.8, 4) is 5.75 Å². The third-order valence-electron chi connectivity index (χ3n) is 4.79. The van der Waals surface area contributed by atoms with Crippen LogP contribution in [0.2, 0.25) is 0 Å². The minimum absolute atomic E-state index is 0.104. The summed E-state index contributed by atoms with van der Waals surface area (Å²) in [7, 11) is 0. The van der Waals surface area contributed by atoms with Crippen molar-refractivity contribution < 1.29 is 9.53 Å². The van der Waals surface area contributed by atoms with E-state index in [1.54, 1.807) is 6.20 Å². The van der Waals surface area contributed by atoms with Crippen LogP contribution >= 0.6 is 0 Å². The number of ketones is 1. The highest BCUT2D eigenvalue weighted by Crippen LogP contribution is 2.34. The summed E-state index contributed by atoms with van der Waals surface area (Å²) >= 11 is 0. The first-order chi connectivity index (χ1) is 12.7. The topological polar surface area (TPSA) is 51.2 Å². The molecule has 1 aliphatic rings. The Hall–Kier alpha value is -3.14. The number of ether oxygens (including phenoxy) is 1. The van der Waals surface area contributed by atoms with Gasteiger partial charge >= 0.3 is 0 Å². The molecular formula is C22H20N2O2. The molecule has 2 heterocycles. The first-order valence-corrected chi connectivity index (χ1v) is 8.73. The summed E-state index contributed by atoms with van der Waals surface area (Å²) in [5, 5.41) is 3.22. The molecule has 3 aromatic rings. The van der Waals surface area contributed by atoms with E-state index in [0.717, 1.165) is 28.3 Å². The summed E-state index contributed by atoms with van der Waals surface area (Å²) in [6.07, 6.45) is 1.74. The van der Waals surface area contributed by atoms with Gasteiger partial charge in [-0.1, -0.05) is 48.5 Å². The van der Waals surface area contributed by atoms with Crippen LogP contribution in [0.3, 0.4) is 0 Å². The van der Waals surface area contributed by atoms with Gasteiger partial charge in [0.05, 0.1) is 5.92 Å². The summed E-state index contributed by atoms with van der Waals surface area (Å²) < 4.78 is 5.97. The predicted molar refractivity (Wildman–Crippen MR) is 102 cm³/mol. The maximum atomic E-state index is 13.1. The average Bonchev–Trinajstić information content (AvgIpc) is 3.12. The number of hydrogen-bond acceptors (Lipinski definition) is 4. The molecule has 0 saturated carbocycles. The van der Waals surface area contributed by atoms with Crippen LogP contribution in [-0.2, 0) is 6.61 Å². The number of fused-ring (bicyclic) bond motifs is 1. The normalized spacial score (nSPS) is 15.2.